The highest BCUT2D eigenvalue weighted by molar-refractivity contribution is 6.42. The van der Waals surface area contributed by atoms with Crippen LogP contribution in [0, 0.1) is 6.92 Å². The third kappa shape index (κ3) is 3.68. The second kappa shape index (κ2) is 6.20. The lowest BCUT2D eigenvalue weighted by molar-refractivity contribution is 0.247. The highest BCUT2D eigenvalue weighted by Gasteiger charge is 2.13. The zero-order chi connectivity index (χ0) is 14.7. The van der Waals surface area contributed by atoms with Crippen LogP contribution in [0.15, 0.2) is 34.7 Å². The molecule has 0 saturated heterocycles. The molecule has 2 rings (SSSR count). The fraction of sp³-hybridized carbons (Fsp3) is 0.214. The standard InChI is InChI=1S/C14H14Cl2N2O2/c1-8-3-6-13(20-8)9(2)17-14(19)18-10-4-5-11(15)12(16)7-10/h3-7,9H,1-2H3,(H2,17,18,19)/t9-/m1/s1. The van der Waals surface area contributed by atoms with Crippen molar-refractivity contribution in [2.75, 3.05) is 5.32 Å². The van der Waals surface area contributed by atoms with E-state index in [0.29, 0.717) is 21.5 Å². The number of halogens is 2. The number of urea groups is 1. The molecule has 0 unspecified atom stereocenters. The predicted octanol–water partition coefficient (Wildman–Crippen LogP) is 4.78. The second-order valence-electron chi connectivity index (χ2n) is 4.40. The molecule has 2 aromatic rings. The molecule has 1 aromatic heterocycles. The maximum absolute atomic E-state index is 11.9. The molecule has 0 bridgehead atoms. The van der Waals surface area contributed by atoms with E-state index in [-0.39, 0.29) is 12.1 Å². The van der Waals surface area contributed by atoms with E-state index >= 15 is 0 Å². The fourth-order valence-electron chi connectivity index (χ4n) is 1.69. The van der Waals surface area contributed by atoms with Gasteiger partial charge in [0.1, 0.15) is 11.5 Å². The molecule has 0 radical (unpaired) electrons. The van der Waals surface area contributed by atoms with E-state index in [1.807, 2.05) is 26.0 Å². The maximum atomic E-state index is 11.9. The maximum Gasteiger partial charge on any atom is 0.319 e. The molecule has 1 heterocycles. The van der Waals surface area contributed by atoms with Gasteiger partial charge in [0.2, 0.25) is 0 Å². The highest BCUT2D eigenvalue weighted by atomic mass is 35.5. The van der Waals surface area contributed by atoms with Gasteiger partial charge in [0, 0.05) is 5.69 Å². The van der Waals surface area contributed by atoms with Crippen LogP contribution in [-0.2, 0) is 0 Å². The Hall–Kier alpha value is -1.65. The summed E-state index contributed by atoms with van der Waals surface area (Å²) in [6.07, 6.45) is 0. The smallest absolute Gasteiger partial charge is 0.319 e. The third-order valence-corrected chi connectivity index (χ3v) is 3.45. The summed E-state index contributed by atoms with van der Waals surface area (Å²) < 4.78 is 5.45. The van der Waals surface area contributed by atoms with E-state index in [1.54, 1.807) is 18.2 Å². The first kappa shape index (κ1) is 14.8. The number of amides is 2. The number of aryl methyl sites for hydroxylation is 1. The van der Waals surface area contributed by atoms with Gasteiger partial charge < -0.3 is 15.1 Å². The zero-order valence-electron chi connectivity index (χ0n) is 11.0. The molecule has 106 valence electrons. The van der Waals surface area contributed by atoms with Crippen molar-refractivity contribution >= 4 is 34.9 Å². The molecule has 1 aromatic carbocycles. The van der Waals surface area contributed by atoms with Gasteiger partial charge in [0.05, 0.1) is 16.1 Å². The van der Waals surface area contributed by atoms with Crippen LogP contribution in [0.25, 0.3) is 0 Å². The first-order valence-corrected chi connectivity index (χ1v) is 6.80. The van der Waals surface area contributed by atoms with Crippen LogP contribution in [0.3, 0.4) is 0 Å². The van der Waals surface area contributed by atoms with Crippen molar-refractivity contribution in [3.63, 3.8) is 0 Å². The van der Waals surface area contributed by atoms with Gasteiger partial charge in [0.15, 0.2) is 0 Å². The zero-order valence-corrected chi connectivity index (χ0v) is 12.5. The quantitative estimate of drug-likeness (QED) is 0.857. The van der Waals surface area contributed by atoms with E-state index in [2.05, 4.69) is 10.6 Å². The summed E-state index contributed by atoms with van der Waals surface area (Å²) in [5, 5.41) is 6.28. The number of nitrogens with one attached hydrogen (secondary N) is 2. The van der Waals surface area contributed by atoms with E-state index in [4.69, 9.17) is 27.6 Å². The lowest BCUT2D eigenvalue weighted by Crippen LogP contribution is -2.30. The predicted molar refractivity (Wildman–Crippen MR) is 80.5 cm³/mol. The van der Waals surface area contributed by atoms with E-state index < -0.39 is 0 Å². The van der Waals surface area contributed by atoms with Crippen molar-refractivity contribution in [3.8, 4) is 0 Å². The minimum absolute atomic E-state index is 0.230. The van der Waals surface area contributed by atoms with Crippen molar-refractivity contribution in [2.45, 2.75) is 19.9 Å². The molecule has 2 N–H and O–H groups in total. The van der Waals surface area contributed by atoms with Crippen LogP contribution in [0.4, 0.5) is 10.5 Å². The first-order valence-electron chi connectivity index (χ1n) is 6.04. The topological polar surface area (TPSA) is 54.3 Å². The van der Waals surface area contributed by atoms with Gasteiger partial charge in [-0.3, -0.25) is 0 Å². The Morgan fingerprint density at radius 3 is 2.55 bits per heavy atom. The molecule has 0 spiro atoms. The lowest BCUT2D eigenvalue weighted by atomic mass is 10.2. The minimum atomic E-state index is -0.343. The molecule has 1 atom stereocenters. The normalized spacial score (nSPS) is 12.0. The van der Waals surface area contributed by atoms with E-state index in [0.717, 1.165) is 5.76 Å². The molecule has 0 aliphatic heterocycles. The number of hydrogen-bond donors (Lipinski definition) is 2. The average molecular weight is 313 g/mol. The Balaban J connectivity index is 1.96. The molecule has 0 aliphatic carbocycles. The van der Waals surface area contributed by atoms with Crippen molar-refractivity contribution in [1.82, 2.24) is 5.32 Å². The molecule has 6 heteroatoms. The van der Waals surface area contributed by atoms with Gasteiger partial charge in [-0.05, 0) is 44.2 Å². The number of furan rings is 1. The number of rotatable bonds is 3. The minimum Gasteiger partial charge on any atom is -0.464 e. The van der Waals surface area contributed by atoms with Crippen LogP contribution in [0.2, 0.25) is 10.0 Å². The largest absolute Gasteiger partial charge is 0.464 e. The van der Waals surface area contributed by atoms with E-state index in [9.17, 15) is 4.79 Å². The summed E-state index contributed by atoms with van der Waals surface area (Å²) in [7, 11) is 0. The number of anilines is 1. The summed E-state index contributed by atoms with van der Waals surface area (Å²) in [6.45, 7) is 3.69. The summed E-state index contributed by atoms with van der Waals surface area (Å²) in [6, 6.07) is 8.00. The molecule has 0 fully saturated rings. The van der Waals surface area contributed by atoms with Gasteiger partial charge in [-0.1, -0.05) is 23.2 Å². The summed E-state index contributed by atoms with van der Waals surface area (Å²) in [5.41, 5.74) is 0.569. The van der Waals surface area contributed by atoms with Gasteiger partial charge in [-0.15, -0.1) is 0 Å². The Morgan fingerprint density at radius 1 is 1.20 bits per heavy atom. The molecular weight excluding hydrogens is 299 g/mol. The molecule has 20 heavy (non-hydrogen) atoms. The Morgan fingerprint density at radius 2 is 1.95 bits per heavy atom. The van der Waals surface area contributed by atoms with Gasteiger partial charge in [-0.25, -0.2) is 4.79 Å². The lowest BCUT2D eigenvalue weighted by Gasteiger charge is -2.13. The van der Waals surface area contributed by atoms with Crippen molar-refractivity contribution in [2.24, 2.45) is 0 Å². The Bertz CT molecular complexity index is 625. The van der Waals surface area contributed by atoms with Crippen LogP contribution in [0.1, 0.15) is 24.5 Å². The van der Waals surface area contributed by atoms with Crippen molar-refractivity contribution < 1.29 is 9.21 Å². The van der Waals surface area contributed by atoms with Crippen LogP contribution < -0.4 is 10.6 Å². The molecule has 0 aliphatic rings. The van der Waals surface area contributed by atoms with Gasteiger partial charge in [0.25, 0.3) is 0 Å². The summed E-state index contributed by atoms with van der Waals surface area (Å²) in [5.74, 6) is 1.50. The number of carbonyl (C=O) groups excluding carboxylic acids is 1. The van der Waals surface area contributed by atoms with Gasteiger partial charge in [-0.2, -0.15) is 0 Å². The molecular formula is C14H14Cl2N2O2. The monoisotopic (exact) mass is 312 g/mol. The highest BCUT2D eigenvalue weighted by Crippen LogP contribution is 2.25. The van der Waals surface area contributed by atoms with Crippen molar-refractivity contribution in [1.29, 1.82) is 0 Å². The van der Waals surface area contributed by atoms with E-state index in [1.165, 1.54) is 0 Å². The fourth-order valence-corrected chi connectivity index (χ4v) is 1.99. The SMILES string of the molecule is Cc1ccc([C@@H](C)NC(=O)Nc2ccc(Cl)c(Cl)c2)o1. The Kier molecular flexibility index (Phi) is 4.57. The third-order valence-electron chi connectivity index (χ3n) is 2.71. The molecule has 2 amide bonds. The first-order chi connectivity index (χ1) is 9.45. The number of benzene rings is 1. The summed E-state index contributed by atoms with van der Waals surface area (Å²) >= 11 is 11.7. The van der Waals surface area contributed by atoms with Gasteiger partial charge >= 0.3 is 6.03 Å². The number of carbonyl (C=O) groups is 1. The molecule has 4 nitrogen and oxygen atoms in total. The summed E-state index contributed by atoms with van der Waals surface area (Å²) in [4.78, 5) is 11.9. The van der Waals surface area contributed by atoms with Crippen LogP contribution in [-0.4, -0.2) is 6.03 Å². The van der Waals surface area contributed by atoms with Crippen LogP contribution in [0.5, 0.6) is 0 Å². The average Bonchev–Trinajstić information content (AvgIpc) is 2.80. The molecule has 0 saturated carbocycles. The Labute approximate surface area is 127 Å². The second-order valence-corrected chi connectivity index (χ2v) is 5.21. The van der Waals surface area contributed by atoms with Crippen molar-refractivity contribution in [3.05, 3.63) is 51.9 Å². The number of hydrogen-bond acceptors (Lipinski definition) is 2. The van der Waals surface area contributed by atoms with Crippen LogP contribution >= 0.6 is 23.2 Å².